The molecule has 0 spiro atoms. The van der Waals surface area contributed by atoms with Gasteiger partial charge in [-0.1, -0.05) is 0 Å². The van der Waals surface area contributed by atoms with Crippen molar-refractivity contribution in [1.29, 1.82) is 0 Å². The molecule has 0 fully saturated rings. The van der Waals surface area contributed by atoms with Gasteiger partial charge in [-0.2, -0.15) is 5.10 Å². The Morgan fingerprint density at radius 1 is 1.40 bits per heavy atom. The molecule has 0 saturated heterocycles. The van der Waals surface area contributed by atoms with Crippen LogP contribution in [0.3, 0.4) is 0 Å². The van der Waals surface area contributed by atoms with Crippen molar-refractivity contribution >= 4 is 5.82 Å². The van der Waals surface area contributed by atoms with Crippen LogP contribution in [0.2, 0.25) is 0 Å². The summed E-state index contributed by atoms with van der Waals surface area (Å²) in [5.74, 6) is 0.515. The Hall–Kier alpha value is -2.04. The molecule has 1 heterocycles. The number of rotatable bonds is 2. The second kappa shape index (κ2) is 3.61. The van der Waals surface area contributed by atoms with E-state index in [0.29, 0.717) is 22.7 Å². The number of nitrogens with zero attached hydrogens (tertiary/aromatic N) is 1. The highest BCUT2D eigenvalue weighted by molar-refractivity contribution is 5.77. The minimum absolute atomic E-state index is 0.349. The number of nitrogens with two attached hydrogens (primary N) is 1. The first-order valence-electron chi connectivity index (χ1n) is 4.35. The zero-order chi connectivity index (χ0) is 10.8. The number of benzene rings is 1. The fourth-order valence-corrected chi connectivity index (χ4v) is 1.40. The normalized spacial score (nSPS) is 10.3. The molecule has 0 aliphatic heterocycles. The molecule has 3 N–H and O–H groups in total. The number of aromatic amines is 1. The van der Waals surface area contributed by atoms with E-state index >= 15 is 0 Å². The highest BCUT2D eigenvalue weighted by Gasteiger charge is 2.11. The molecular weight excluding hydrogens is 197 g/mol. The van der Waals surface area contributed by atoms with Crippen LogP contribution in [-0.4, -0.2) is 17.3 Å². The Kier molecular flexibility index (Phi) is 2.29. The van der Waals surface area contributed by atoms with E-state index in [1.54, 1.807) is 12.3 Å². The van der Waals surface area contributed by atoms with Gasteiger partial charge in [0, 0.05) is 17.2 Å². The Balaban J connectivity index is 2.58. The highest BCUT2D eigenvalue weighted by Crippen LogP contribution is 2.32. The van der Waals surface area contributed by atoms with Crippen LogP contribution in [0, 0.1) is 5.82 Å². The van der Waals surface area contributed by atoms with Gasteiger partial charge in [-0.05, 0) is 12.1 Å². The molecule has 15 heavy (non-hydrogen) atoms. The van der Waals surface area contributed by atoms with Crippen molar-refractivity contribution in [3.05, 3.63) is 30.2 Å². The zero-order valence-corrected chi connectivity index (χ0v) is 8.12. The highest BCUT2D eigenvalue weighted by atomic mass is 19.1. The van der Waals surface area contributed by atoms with Crippen molar-refractivity contribution in [3.63, 3.8) is 0 Å². The van der Waals surface area contributed by atoms with E-state index in [1.807, 2.05) is 0 Å². The van der Waals surface area contributed by atoms with E-state index in [-0.39, 0.29) is 5.82 Å². The van der Waals surface area contributed by atoms with Crippen molar-refractivity contribution in [2.45, 2.75) is 0 Å². The molecule has 1 aromatic carbocycles. The summed E-state index contributed by atoms with van der Waals surface area (Å²) in [6.45, 7) is 0. The number of hydrogen-bond donors (Lipinski definition) is 2. The van der Waals surface area contributed by atoms with Gasteiger partial charge in [0.25, 0.3) is 0 Å². The number of aromatic nitrogens is 2. The summed E-state index contributed by atoms with van der Waals surface area (Å²) in [4.78, 5) is 0. The first-order chi connectivity index (χ1) is 7.22. The van der Waals surface area contributed by atoms with Crippen LogP contribution in [-0.2, 0) is 0 Å². The van der Waals surface area contributed by atoms with E-state index in [2.05, 4.69) is 10.2 Å². The largest absolute Gasteiger partial charge is 0.496 e. The molecule has 78 valence electrons. The minimum Gasteiger partial charge on any atom is -0.496 e. The fraction of sp³-hybridized carbons (Fsp3) is 0.100. The number of ether oxygens (including phenoxy) is 1. The van der Waals surface area contributed by atoms with Gasteiger partial charge in [-0.25, -0.2) is 4.39 Å². The predicted molar refractivity (Wildman–Crippen MR) is 54.9 cm³/mol. The maximum Gasteiger partial charge on any atom is 0.129 e. The van der Waals surface area contributed by atoms with Gasteiger partial charge < -0.3 is 10.5 Å². The minimum atomic E-state index is -0.349. The van der Waals surface area contributed by atoms with E-state index in [9.17, 15) is 4.39 Å². The topological polar surface area (TPSA) is 63.9 Å². The standard InChI is InChI=1S/C10H10FN3O/c1-15-9-4-6(11)2-3-7(9)8-5-13-14-10(8)12/h2-5H,1H3,(H3,12,13,14). The Morgan fingerprint density at radius 3 is 2.80 bits per heavy atom. The van der Waals surface area contributed by atoms with Crippen molar-refractivity contribution < 1.29 is 9.13 Å². The van der Waals surface area contributed by atoms with Crippen molar-refractivity contribution in [2.75, 3.05) is 12.8 Å². The lowest BCUT2D eigenvalue weighted by molar-refractivity contribution is 0.413. The molecule has 2 rings (SSSR count). The lowest BCUT2D eigenvalue weighted by atomic mass is 10.1. The van der Waals surface area contributed by atoms with Gasteiger partial charge in [-0.3, -0.25) is 5.10 Å². The monoisotopic (exact) mass is 207 g/mol. The van der Waals surface area contributed by atoms with Crippen LogP contribution in [0.15, 0.2) is 24.4 Å². The van der Waals surface area contributed by atoms with Gasteiger partial charge in [0.05, 0.1) is 13.3 Å². The molecule has 0 saturated carbocycles. The summed E-state index contributed by atoms with van der Waals surface area (Å²) in [7, 11) is 1.48. The lowest BCUT2D eigenvalue weighted by Crippen LogP contribution is -1.92. The quantitative estimate of drug-likeness (QED) is 0.789. The fourth-order valence-electron chi connectivity index (χ4n) is 1.40. The number of halogens is 1. The SMILES string of the molecule is COc1cc(F)ccc1-c1cn[nH]c1N. The molecule has 0 radical (unpaired) electrons. The molecule has 0 amide bonds. The van der Waals surface area contributed by atoms with E-state index in [4.69, 9.17) is 10.5 Å². The molecule has 2 aromatic rings. The average Bonchev–Trinajstić information content (AvgIpc) is 2.64. The smallest absolute Gasteiger partial charge is 0.129 e. The van der Waals surface area contributed by atoms with Crippen molar-refractivity contribution in [1.82, 2.24) is 10.2 Å². The van der Waals surface area contributed by atoms with Crippen LogP contribution in [0.5, 0.6) is 5.75 Å². The molecule has 0 aliphatic carbocycles. The van der Waals surface area contributed by atoms with Crippen molar-refractivity contribution in [2.24, 2.45) is 0 Å². The third-order valence-electron chi connectivity index (χ3n) is 2.12. The number of nitrogens with one attached hydrogen (secondary N) is 1. The van der Waals surface area contributed by atoms with Gasteiger partial charge in [-0.15, -0.1) is 0 Å². The summed E-state index contributed by atoms with van der Waals surface area (Å²) in [5.41, 5.74) is 7.08. The van der Waals surface area contributed by atoms with Gasteiger partial charge in [0.2, 0.25) is 0 Å². The number of nitrogen functional groups attached to an aromatic ring is 1. The Labute approximate surface area is 85.9 Å². The maximum absolute atomic E-state index is 12.9. The summed E-state index contributed by atoms with van der Waals surface area (Å²) in [6, 6.07) is 4.27. The molecule has 1 aromatic heterocycles. The van der Waals surface area contributed by atoms with Crippen molar-refractivity contribution in [3.8, 4) is 16.9 Å². The van der Waals surface area contributed by atoms with Crippen LogP contribution < -0.4 is 10.5 Å². The summed E-state index contributed by atoms with van der Waals surface area (Å²) in [5, 5.41) is 6.41. The molecular formula is C10H10FN3O. The number of methoxy groups -OCH3 is 1. The first kappa shape index (κ1) is 9.51. The summed E-state index contributed by atoms with van der Waals surface area (Å²) >= 11 is 0. The summed E-state index contributed by atoms with van der Waals surface area (Å²) in [6.07, 6.45) is 1.57. The first-order valence-corrected chi connectivity index (χ1v) is 4.35. The molecule has 0 aliphatic rings. The molecule has 5 heteroatoms. The summed E-state index contributed by atoms with van der Waals surface area (Å²) < 4.78 is 18.0. The average molecular weight is 207 g/mol. The van der Waals surface area contributed by atoms with Gasteiger partial charge in [0.1, 0.15) is 17.4 Å². The third kappa shape index (κ3) is 1.63. The Morgan fingerprint density at radius 2 is 2.20 bits per heavy atom. The third-order valence-corrected chi connectivity index (χ3v) is 2.12. The predicted octanol–water partition coefficient (Wildman–Crippen LogP) is 1.81. The van der Waals surface area contributed by atoms with Crippen LogP contribution in [0.25, 0.3) is 11.1 Å². The zero-order valence-electron chi connectivity index (χ0n) is 8.12. The van der Waals surface area contributed by atoms with Crippen LogP contribution in [0.1, 0.15) is 0 Å². The number of H-pyrrole nitrogens is 1. The van der Waals surface area contributed by atoms with Crippen LogP contribution in [0.4, 0.5) is 10.2 Å². The molecule has 4 nitrogen and oxygen atoms in total. The van der Waals surface area contributed by atoms with E-state index in [0.717, 1.165) is 0 Å². The molecule has 0 unspecified atom stereocenters. The molecule has 0 bridgehead atoms. The second-order valence-corrected chi connectivity index (χ2v) is 3.04. The Bertz CT molecular complexity index is 481. The van der Waals surface area contributed by atoms with Gasteiger partial charge >= 0.3 is 0 Å². The lowest BCUT2D eigenvalue weighted by Gasteiger charge is -2.07. The van der Waals surface area contributed by atoms with E-state index in [1.165, 1.54) is 19.2 Å². The van der Waals surface area contributed by atoms with Crippen LogP contribution >= 0.6 is 0 Å². The maximum atomic E-state index is 12.9. The number of anilines is 1. The molecule has 0 atom stereocenters. The van der Waals surface area contributed by atoms with E-state index < -0.39 is 0 Å². The van der Waals surface area contributed by atoms with Gasteiger partial charge in [0.15, 0.2) is 0 Å². The number of hydrogen-bond acceptors (Lipinski definition) is 3. The second-order valence-electron chi connectivity index (χ2n) is 3.04.